The second-order valence-corrected chi connectivity index (χ2v) is 10.6. The zero-order valence-electron chi connectivity index (χ0n) is 21.3. The molecule has 0 saturated carbocycles. The molecule has 1 aromatic carbocycles. The minimum atomic E-state index is -0.317. The van der Waals surface area contributed by atoms with Crippen molar-refractivity contribution in [3.8, 4) is 5.75 Å². The molecule has 0 spiro atoms. The quantitative estimate of drug-likeness (QED) is 0.361. The maximum absolute atomic E-state index is 12.8. The fourth-order valence-electron chi connectivity index (χ4n) is 4.54. The predicted octanol–water partition coefficient (Wildman–Crippen LogP) is 5.91. The lowest BCUT2D eigenvalue weighted by atomic mass is 9.85. The number of carbonyl (C=O) groups is 1. The summed E-state index contributed by atoms with van der Waals surface area (Å²) in [6.45, 7) is 10.3. The monoisotopic (exact) mass is 488 g/mol. The number of ether oxygens (including phenoxy) is 1. The first-order valence-corrected chi connectivity index (χ1v) is 12.3. The number of hydrogen-bond acceptors (Lipinski definition) is 6. The molecule has 0 radical (unpaired) electrons. The number of hydrogen-bond donors (Lipinski definition) is 2. The predicted molar refractivity (Wildman–Crippen MR) is 136 cm³/mol. The first-order valence-electron chi connectivity index (χ1n) is 12.3. The van der Waals surface area contributed by atoms with Gasteiger partial charge >= 0.3 is 6.03 Å². The Morgan fingerprint density at radius 2 is 1.89 bits per heavy atom. The summed E-state index contributed by atoms with van der Waals surface area (Å²) in [5.74, 6) is 3.02. The Morgan fingerprint density at radius 3 is 2.61 bits per heavy atom. The van der Waals surface area contributed by atoms with Crippen LogP contribution in [0.25, 0.3) is 5.65 Å². The number of nitrogens with zero attached hydrogens (tertiary/aromatic N) is 4. The third-order valence-corrected chi connectivity index (χ3v) is 6.43. The van der Waals surface area contributed by atoms with Crippen molar-refractivity contribution in [2.45, 2.75) is 70.9 Å². The van der Waals surface area contributed by atoms with E-state index in [0.29, 0.717) is 11.6 Å². The van der Waals surface area contributed by atoms with Gasteiger partial charge in [0.15, 0.2) is 11.5 Å². The molecule has 0 unspecified atom stereocenters. The highest BCUT2D eigenvalue weighted by atomic mass is 16.5. The van der Waals surface area contributed by atoms with Gasteiger partial charge in [-0.2, -0.15) is 0 Å². The van der Waals surface area contributed by atoms with Crippen molar-refractivity contribution in [2.24, 2.45) is 0 Å². The SMILES string of the molecule is CC(C)c1nnc2ccc(O[C@H]3CC[C@@H](NC(=O)Nc4cc(C(C)(C)C)on4)c4ccccc43)cn12. The Morgan fingerprint density at radius 1 is 1.11 bits per heavy atom. The molecule has 9 nitrogen and oxygen atoms in total. The van der Waals surface area contributed by atoms with Gasteiger partial charge < -0.3 is 14.6 Å². The van der Waals surface area contributed by atoms with Crippen LogP contribution in [0, 0.1) is 0 Å². The van der Waals surface area contributed by atoms with Crippen molar-refractivity contribution in [3.05, 3.63) is 71.4 Å². The zero-order chi connectivity index (χ0) is 25.4. The third-order valence-electron chi connectivity index (χ3n) is 6.43. The van der Waals surface area contributed by atoms with Crippen LogP contribution < -0.4 is 15.4 Å². The molecule has 0 bridgehead atoms. The number of carbonyl (C=O) groups excluding carboxylic acids is 1. The van der Waals surface area contributed by atoms with Gasteiger partial charge in [-0.3, -0.25) is 9.72 Å². The minimum absolute atomic E-state index is 0.122. The van der Waals surface area contributed by atoms with E-state index in [0.717, 1.165) is 41.2 Å². The number of urea groups is 1. The van der Waals surface area contributed by atoms with E-state index >= 15 is 0 Å². The van der Waals surface area contributed by atoms with Crippen LogP contribution in [-0.4, -0.2) is 25.8 Å². The van der Waals surface area contributed by atoms with Gasteiger partial charge in [0, 0.05) is 17.4 Å². The van der Waals surface area contributed by atoms with Crippen molar-refractivity contribution < 1.29 is 14.1 Å². The van der Waals surface area contributed by atoms with Crippen molar-refractivity contribution >= 4 is 17.5 Å². The molecule has 0 saturated heterocycles. The van der Waals surface area contributed by atoms with Gasteiger partial charge in [-0.05, 0) is 36.1 Å². The smallest absolute Gasteiger partial charge is 0.320 e. The molecule has 36 heavy (non-hydrogen) atoms. The average molecular weight is 489 g/mol. The van der Waals surface area contributed by atoms with Crippen LogP contribution in [0.2, 0.25) is 0 Å². The molecular weight excluding hydrogens is 456 g/mol. The van der Waals surface area contributed by atoms with Crippen LogP contribution >= 0.6 is 0 Å². The standard InChI is InChI=1S/C27H32N6O3/c1-16(2)25-31-30-24-13-10-17(15-33(24)25)35-21-12-11-20(18-8-6-7-9-19(18)21)28-26(34)29-23-14-22(36-32-23)27(3,4)5/h6-10,13-16,20-21H,11-12H2,1-5H3,(H2,28,29,32,34)/t20-,21+/m1/s1. The summed E-state index contributed by atoms with van der Waals surface area (Å²) in [5.41, 5.74) is 2.73. The summed E-state index contributed by atoms with van der Waals surface area (Å²) in [6.07, 6.45) is 3.34. The molecule has 2 N–H and O–H groups in total. The van der Waals surface area contributed by atoms with Gasteiger partial charge in [-0.15, -0.1) is 10.2 Å². The van der Waals surface area contributed by atoms with Crippen molar-refractivity contribution in [1.29, 1.82) is 0 Å². The van der Waals surface area contributed by atoms with Crippen LogP contribution in [0.1, 0.15) is 88.2 Å². The molecule has 1 aliphatic carbocycles. The van der Waals surface area contributed by atoms with Crippen LogP contribution in [-0.2, 0) is 5.41 Å². The molecule has 3 aromatic heterocycles. The van der Waals surface area contributed by atoms with E-state index in [2.05, 4.69) is 45.9 Å². The van der Waals surface area contributed by atoms with Gasteiger partial charge in [-0.1, -0.05) is 64.0 Å². The Kier molecular flexibility index (Phi) is 6.15. The summed E-state index contributed by atoms with van der Waals surface area (Å²) >= 11 is 0. The molecule has 5 rings (SSSR count). The summed E-state index contributed by atoms with van der Waals surface area (Å²) < 4.78 is 13.8. The lowest BCUT2D eigenvalue weighted by molar-refractivity contribution is 0.171. The van der Waals surface area contributed by atoms with E-state index in [1.165, 1.54) is 0 Å². The topological polar surface area (TPSA) is 107 Å². The Bertz CT molecular complexity index is 1380. The molecule has 2 atom stereocenters. The maximum atomic E-state index is 12.8. The van der Waals surface area contributed by atoms with Crippen LogP contribution in [0.3, 0.4) is 0 Å². The average Bonchev–Trinajstić information content (AvgIpc) is 3.47. The molecule has 4 aromatic rings. The number of pyridine rings is 1. The van der Waals surface area contributed by atoms with E-state index in [1.54, 1.807) is 6.07 Å². The highest BCUT2D eigenvalue weighted by Crippen LogP contribution is 2.39. The number of aromatic nitrogens is 4. The molecule has 0 aliphatic heterocycles. The number of fused-ring (bicyclic) bond motifs is 2. The zero-order valence-corrected chi connectivity index (χ0v) is 21.3. The van der Waals surface area contributed by atoms with E-state index < -0.39 is 0 Å². The Balaban J connectivity index is 1.30. The van der Waals surface area contributed by atoms with Gasteiger partial charge in [-0.25, -0.2) is 4.79 Å². The van der Waals surface area contributed by atoms with Crippen LogP contribution in [0.15, 0.2) is 53.2 Å². The highest BCUT2D eigenvalue weighted by Gasteiger charge is 2.30. The van der Waals surface area contributed by atoms with Crippen molar-refractivity contribution in [2.75, 3.05) is 5.32 Å². The van der Waals surface area contributed by atoms with Gasteiger partial charge in [0.25, 0.3) is 0 Å². The summed E-state index contributed by atoms with van der Waals surface area (Å²) in [5, 5.41) is 18.4. The number of benzene rings is 1. The highest BCUT2D eigenvalue weighted by molar-refractivity contribution is 5.88. The third kappa shape index (κ3) is 4.78. The fraction of sp³-hybridized carbons (Fsp3) is 0.407. The van der Waals surface area contributed by atoms with Crippen LogP contribution in [0.5, 0.6) is 5.75 Å². The van der Waals surface area contributed by atoms with E-state index in [-0.39, 0.29) is 29.5 Å². The molecular formula is C27H32N6O3. The van der Waals surface area contributed by atoms with E-state index in [4.69, 9.17) is 9.26 Å². The minimum Gasteiger partial charge on any atom is -0.484 e. The van der Waals surface area contributed by atoms with Crippen LogP contribution in [0.4, 0.5) is 10.6 Å². The summed E-state index contributed by atoms with van der Waals surface area (Å²) in [4.78, 5) is 12.8. The first-order chi connectivity index (χ1) is 17.2. The molecule has 3 heterocycles. The molecule has 0 fully saturated rings. The fourth-order valence-corrected chi connectivity index (χ4v) is 4.54. The van der Waals surface area contributed by atoms with Crippen molar-refractivity contribution in [3.63, 3.8) is 0 Å². The molecule has 9 heteroatoms. The maximum Gasteiger partial charge on any atom is 0.320 e. The lowest BCUT2D eigenvalue weighted by Crippen LogP contribution is -2.35. The number of nitrogens with one attached hydrogen (secondary N) is 2. The Hall–Kier alpha value is -3.88. The second-order valence-electron chi connectivity index (χ2n) is 10.6. The number of amides is 2. The lowest BCUT2D eigenvalue weighted by Gasteiger charge is -2.32. The Labute approximate surface area is 210 Å². The molecule has 1 aliphatic rings. The van der Waals surface area contributed by atoms with E-state index in [9.17, 15) is 4.79 Å². The molecule has 188 valence electrons. The summed E-state index contributed by atoms with van der Waals surface area (Å²) in [6, 6.07) is 13.3. The van der Waals surface area contributed by atoms with Gasteiger partial charge in [0.2, 0.25) is 0 Å². The summed E-state index contributed by atoms with van der Waals surface area (Å²) in [7, 11) is 0. The normalized spacial score (nSPS) is 17.7. The number of anilines is 1. The number of rotatable bonds is 5. The van der Waals surface area contributed by atoms with Crippen molar-refractivity contribution in [1.82, 2.24) is 25.1 Å². The van der Waals surface area contributed by atoms with E-state index in [1.807, 2.05) is 61.7 Å². The second kappa shape index (κ2) is 9.29. The van der Waals surface area contributed by atoms with Gasteiger partial charge in [0.05, 0.1) is 12.2 Å². The largest absolute Gasteiger partial charge is 0.484 e. The first kappa shape index (κ1) is 23.8. The van der Waals surface area contributed by atoms with Gasteiger partial charge in [0.1, 0.15) is 23.4 Å². The molecule has 2 amide bonds.